The molecule has 0 aliphatic carbocycles. The molecule has 1 aliphatic rings. The summed E-state index contributed by atoms with van der Waals surface area (Å²) in [6.07, 6.45) is -3.20. The Morgan fingerprint density at radius 2 is 1.78 bits per heavy atom. The van der Waals surface area contributed by atoms with E-state index in [0.717, 1.165) is 25.9 Å². The highest BCUT2D eigenvalue weighted by molar-refractivity contribution is 5.73. The largest absolute Gasteiger partial charge is 0.490 e. The number of carbonyl (C=O) groups is 1. The lowest BCUT2D eigenvalue weighted by Crippen LogP contribution is -2.50. The number of hydrogen-bond acceptors (Lipinski definition) is 4. The molecule has 0 aromatic rings. The summed E-state index contributed by atoms with van der Waals surface area (Å²) in [5.41, 5.74) is -0.203. The SMILES string of the molecule is CN(C)C1(C#N)CCNCC1.O=C(O)C(F)(F)F. The molecule has 0 atom stereocenters. The number of carboxylic acid groups (broad SMARTS) is 1. The topological polar surface area (TPSA) is 76.4 Å². The molecule has 1 rings (SSSR count). The minimum Gasteiger partial charge on any atom is -0.475 e. The molecule has 1 fully saturated rings. The van der Waals surface area contributed by atoms with Crippen molar-refractivity contribution in [3.05, 3.63) is 0 Å². The highest BCUT2D eigenvalue weighted by Crippen LogP contribution is 2.22. The van der Waals surface area contributed by atoms with Crippen LogP contribution in [0.5, 0.6) is 0 Å². The van der Waals surface area contributed by atoms with Gasteiger partial charge < -0.3 is 10.4 Å². The predicted molar refractivity (Wildman–Crippen MR) is 57.8 cm³/mol. The summed E-state index contributed by atoms with van der Waals surface area (Å²) in [6.45, 7) is 1.93. The summed E-state index contributed by atoms with van der Waals surface area (Å²) >= 11 is 0. The van der Waals surface area contributed by atoms with Crippen LogP contribution < -0.4 is 5.32 Å². The van der Waals surface area contributed by atoms with E-state index in [1.807, 2.05) is 19.0 Å². The van der Waals surface area contributed by atoms with E-state index in [4.69, 9.17) is 15.2 Å². The number of halogens is 3. The third kappa shape index (κ3) is 4.89. The van der Waals surface area contributed by atoms with E-state index >= 15 is 0 Å². The third-order valence-electron chi connectivity index (χ3n) is 2.74. The zero-order valence-electron chi connectivity index (χ0n) is 10.2. The molecule has 1 aliphatic heterocycles. The standard InChI is InChI=1S/C8H15N3.C2HF3O2/c1-11(2)8(7-9)3-5-10-6-4-8;3-2(4,5)1(6)7/h10H,3-6H2,1-2H3;(H,6,7). The molecule has 0 spiro atoms. The van der Waals surface area contributed by atoms with Gasteiger partial charge in [-0.15, -0.1) is 0 Å². The number of hydrogen-bond donors (Lipinski definition) is 2. The molecule has 0 radical (unpaired) electrons. The van der Waals surface area contributed by atoms with E-state index in [1.165, 1.54) is 0 Å². The smallest absolute Gasteiger partial charge is 0.475 e. The van der Waals surface area contributed by atoms with Gasteiger partial charge in [-0.2, -0.15) is 18.4 Å². The molecule has 5 nitrogen and oxygen atoms in total. The lowest BCUT2D eigenvalue weighted by molar-refractivity contribution is -0.192. The fraction of sp³-hybridized carbons (Fsp3) is 0.800. The van der Waals surface area contributed by atoms with Crippen LogP contribution >= 0.6 is 0 Å². The molecule has 0 aromatic carbocycles. The van der Waals surface area contributed by atoms with Crippen molar-refractivity contribution in [1.82, 2.24) is 10.2 Å². The second kappa shape index (κ2) is 6.56. The first-order valence-electron chi connectivity index (χ1n) is 5.25. The highest BCUT2D eigenvalue weighted by Gasteiger charge is 2.38. The number of alkyl halides is 3. The molecular formula is C10H16F3N3O2. The van der Waals surface area contributed by atoms with Crippen molar-refractivity contribution in [2.24, 2.45) is 0 Å². The van der Waals surface area contributed by atoms with Gasteiger partial charge in [0, 0.05) is 0 Å². The Kier molecular flexibility index (Phi) is 6.08. The van der Waals surface area contributed by atoms with Gasteiger partial charge in [0.25, 0.3) is 0 Å². The zero-order valence-corrected chi connectivity index (χ0v) is 10.2. The molecule has 0 unspecified atom stereocenters. The van der Waals surface area contributed by atoms with E-state index in [-0.39, 0.29) is 5.54 Å². The maximum atomic E-state index is 10.6. The fourth-order valence-electron chi connectivity index (χ4n) is 1.50. The number of carboxylic acids is 1. The van der Waals surface area contributed by atoms with Crippen LogP contribution in [-0.4, -0.2) is 54.9 Å². The van der Waals surface area contributed by atoms with Crippen LogP contribution in [0, 0.1) is 11.3 Å². The number of nitrogens with zero attached hydrogens (tertiary/aromatic N) is 2. The van der Waals surface area contributed by atoms with E-state index in [0.29, 0.717) is 0 Å². The van der Waals surface area contributed by atoms with Crippen LogP contribution in [0.3, 0.4) is 0 Å². The molecule has 8 heteroatoms. The van der Waals surface area contributed by atoms with Crippen molar-refractivity contribution in [2.45, 2.75) is 24.6 Å². The van der Waals surface area contributed by atoms with Crippen molar-refractivity contribution >= 4 is 5.97 Å². The van der Waals surface area contributed by atoms with Crippen LogP contribution in [0.4, 0.5) is 13.2 Å². The predicted octanol–water partition coefficient (Wildman–Crippen LogP) is 0.827. The average molecular weight is 267 g/mol. The monoisotopic (exact) mass is 267 g/mol. The summed E-state index contributed by atoms with van der Waals surface area (Å²) in [4.78, 5) is 10.9. The molecule has 0 aromatic heterocycles. The van der Waals surface area contributed by atoms with Crippen molar-refractivity contribution in [2.75, 3.05) is 27.2 Å². The van der Waals surface area contributed by atoms with Crippen LogP contribution in [0.25, 0.3) is 0 Å². The number of nitrogens with one attached hydrogen (secondary N) is 1. The Morgan fingerprint density at radius 1 is 1.39 bits per heavy atom. The first-order valence-corrected chi connectivity index (χ1v) is 5.25. The fourth-order valence-corrected chi connectivity index (χ4v) is 1.50. The average Bonchev–Trinajstić information content (AvgIpc) is 2.29. The minimum absolute atomic E-state index is 0.203. The van der Waals surface area contributed by atoms with Gasteiger partial charge in [-0.25, -0.2) is 4.79 Å². The van der Waals surface area contributed by atoms with Crippen LogP contribution in [0.15, 0.2) is 0 Å². The summed E-state index contributed by atoms with van der Waals surface area (Å²) in [5.74, 6) is -2.76. The molecule has 1 heterocycles. The first-order chi connectivity index (χ1) is 8.15. The van der Waals surface area contributed by atoms with Gasteiger partial charge in [-0.1, -0.05) is 0 Å². The van der Waals surface area contributed by atoms with Gasteiger partial charge in [-0.05, 0) is 40.0 Å². The molecule has 0 amide bonds. The van der Waals surface area contributed by atoms with Crippen LogP contribution in [0.1, 0.15) is 12.8 Å². The van der Waals surface area contributed by atoms with Gasteiger partial charge in [0.05, 0.1) is 6.07 Å². The number of rotatable bonds is 1. The second-order valence-corrected chi connectivity index (χ2v) is 4.09. The van der Waals surface area contributed by atoms with Crippen molar-refractivity contribution < 1.29 is 23.1 Å². The maximum Gasteiger partial charge on any atom is 0.490 e. The molecule has 0 saturated carbocycles. The Labute approximate surface area is 103 Å². The Balaban J connectivity index is 0.000000360. The molecule has 0 bridgehead atoms. The minimum atomic E-state index is -5.08. The van der Waals surface area contributed by atoms with Gasteiger partial charge >= 0.3 is 12.1 Å². The third-order valence-corrected chi connectivity index (χ3v) is 2.74. The quantitative estimate of drug-likeness (QED) is 0.736. The van der Waals surface area contributed by atoms with Crippen LogP contribution in [0.2, 0.25) is 0 Å². The molecule has 18 heavy (non-hydrogen) atoms. The summed E-state index contributed by atoms with van der Waals surface area (Å²) in [7, 11) is 3.96. The number of piperidine rings is 1. The molecule has 2 N–H and O–H groups in total. The Morgan fingerprint density at radius 3 is 1.94 bits per heavy atom. The number of aliphatic carboxylic acids is 1. The van der Waals surface area contributed by atoms with E-state index in [1.54, 1.807) is 0 Å². The van der Waals surface area contributed by atoms with Crippen LogP contribution in [-0.2, 0) is 4.79 Å². The number of nitriles is 1. The van der Waals surface area contributed by atoms with Gasteiger partial charge in [-0.3, -0.25) is 4.90 Å². The van der Waals surface area contributed by atoms with Crippen molar-refractivity contribution in [1.29, 1.82) is 5.26 Å². The first kappa shape index (κ1) is 16.7. The summed E-state index contributed by atoms with van der Waals surface area (Å²) in [6, 6.07) is 2.40. The van der Waals surface area contributed by atoms with Gasteiger partial charge in [0.1, 0.15) is 5.54 Å². The van der Waals surface area contributed by atoms with E-state index < -0.39 is 12.1 Å². The summed E-state index contributed by atoms with van der Waals surface area (Å²) in [5, 5.41) is 19.4. The lowest BCUT2D eigenvalue weighted by Gasteiger charge is -2.36. The highest BCUT2D eigenvalue weighted by atomic mass is 19.4. The Bertz CT molecular complexity index is 317. The second-order valence-electron chi connectivity index (χ2n) is 4.09. The van der Waals surface area contributed by atoms with E-state index in [2.05, 4.69) is 11.4 Å². The Hall–Kier alpha value is -1.33. The summed E-state index contributed by atoms with van der Waals surface area (Å²) < 4.78 is 31.7. The van der Waals surface area contributed by atoms with E-state index in [9.17, 15) is 13.2 Å². The molecule has 104 valence electrons. The maximum absolute atomic E-state index is 10.6. The van der Waals surface area contributed by atoms with Gasteiger partial charge in [0.15, 0.2) is 0 Å². The van der Waals surface area contributed by atoms with Gasteiger partial charge in [0.2, 0.25) is 0 Å². The lowest BCUT2D eigenvalue weighted by atomic mass is 9.89. The van der Waals surface area contributed by atoms with Crippen molar-refractivity contribution in [3.63, 3.8) is 0 Å². The van der Waals surface area contributed by atoms with Crippen molar-refractivity contribution in [3.8, 4) is 6.07 Å². The molecule has 1 saturated heterocycles. The normalized spacial score (nSPS) is 18.5. The molecular weight excluding hydrogens is 251 g/mol. The zero-order chi connectivity index (χ0) is 14.4.